The third kappa shape index (κ3) is 2.19. The van der Waals surface area contributed by atoms with E-state index in [4.69, 9.17) is 5.84 Å². The lowest BCUT2D eigenvalue weighted by atomic mass is 10.2. The molecule has 0 aliphatic carbocycles. The standard InChI is InChI=1S/C10H16N4O2S/c1-7-10(5-12-11)8(2)14(13-7)9-3-4-17(15,16)6-9/h5,9H,3-4,6,11H2,1-2H3/b12-5-/t9-/m0/s1. The molecule has 0 bridgehead atoms. The highest BCUT2D eigenvalue weighted by Gasteiger charge is 2.31. The summed E-state index contributed by atoms with van der Waals surface area (Å²) < 4.78 is 24.7. The SMILES string of the molecule is Cc1nn([C@H]2CCS(=O)(=O)C2)c(C)c1/C=N\N. The Kier molecular flexibility index (Phi) is 2.94. The van der Waals surface area contributed by atoms with Gasteiger partial charge >= 0.3 is 0 Å². The number of rotatable bonds is 2. The van der Waals surface area contributed by atoms with Gasteiger partial charge in [-0.3, -0.25) is 4.68 Å². The average Bonchev–Trinajstić information content (AvgIpc) is 2.73. The van der Waals surface area contributed by atoms with Gasteiger partial charge in [-0.05, 0) is 20.3 Å². The highest BCUT2D eigenvalue weighted by Crippen LogP contribution is 2.26. The second-order valence-electron chi connectivity index (χ2n) is 4.36. The molecule has 0 unspecified atom stereocenters. The van der Waals surface area contributed by atoms with Crippen LogP contribution in [0.25, 0.3) is 0 Å². The van der Waals surface area contributed by atoms with Crippen molar-refractivity contribution in [3.8, 4) is 0 Å². The summed E-state index contributed by atoms with van der Waals surface area (Å²) in [5.41, 5.74) is 2.61. The average molecular weight is 256 g/mol. The lowest BCUT2D eigenvalue weighted by molar-refractivity contribution is 0.486. The summed E-state index contributed by atoms with van der Waals surface area (Å²) in [6.45, 7) is 3.77. The van der Waals surface area contributed by atoms with Crippen LogP contribution >= 0.6 is 0 Å². The molecule has 1 saturated heterocycles. The van der Waals surface area contributed by atoms with E-state index in [1.54, 1.807) is 10.9 Å². The number of aryl methyl sites for hydroxylation is 1. The number of hydrogen-bond acceptors (Lipinski definition) is 5. The van der Waals surface area contributed by atoms with Crippen molar-refractivity contribution in [3.05, 3.63) is 17.0 Å². The normalized spacial score (nSPS) is 23.5. The Balaban J connectivity index is 2.38. The van der Waals surface area contributed by atoms with Crippen LogP contribution in [-0.2, 0) is 9.84 Å². The van der Waals surface area contributed by atoms with E-state index in [2.05, 4.69) is 10.2 Å². The molecular weight excluding hydrogens is 240 g/mol. The highest BCUT2D eigenvalue weighted by molar-refractivity contribution is 7.91. The molecule has 0 radical (unpaired) electrons. The van der Waals surface area contributed by atoms with Gasteiger partial charge in [-0.1, -0.05) is 0 Å². The van der Waals surface area contributed by atoms with Crippen molar-refractivity contribution in [1.82, 2.24) is 9.78 Å². The maximum absolute atomic E-state index is 11.5. The molecule has 2 heterocycles. The Bertz CT molecular complexity index is 559. The molecule has 94 valence electrons. The maximum atomic E-state index is 11.5. The molecule has 1 aliphatic rings. The van der Waals surface area contributed by atoms with E-state index in [9.17, 15) is 8.42 Å². The van der Waals surface area contributed by atoms with Gasteiger partial charge < -0.3 is 5.84 Å². The van der Waals surface area contributed by atoms with Gasteiger partial charge in [0.05, 0.1) is 29.5 Å². The number of sulfone groups is 1. The molecule has 17 heavy (non-hydrogen) atoms. The fourth-order valence-electron chi connectivity index (χ4n) is 2.26. The first kappa shape index (κ1) is 12.1. The molecular formula is C10H16N4O2S. The van der Waals surface area contributed by atoms with Crippen molar-refractivity contribution in [3.63, 3.8) is 0 Å². The van der Waals surface area contributed by atoms with E-state index in [0.717, 1.165) is 17.0 Å². The molecule has 2 N–H and O–H groups in total. The number of hydrogen-bond donors (Lipinski definition) is 1. The van der Waals surface area contributed by atoms with Gasteiger partial charge in [-0.2, -0.15) is 10.2 Å². The van der Waals surface area contributed by atoms with Crippen molar-refractivity contribution in [2.45, 2.75) is 26.3 Å². The van der Waals surface area contributed by atoms with Gasteiger partial charge in [0.15, 0.2) is 9.84 Å². The smallest absolute Gasteiger partial charge is 0.152 e. The number of aromatic nitrogens is 2. The lowest BCUT2D eigenvalue weighted by Crippen LogP contribution is -2.14. The summed E-state index contributed by atoms with van der Waals surface area (Å²) in [7, 11) is -2.90. The quantitative estimate of drug-likeness (QED) is 0.463. The molecule has 0 spiro atoms. The van der Waals surface area contributed by atoms with E-state index in [-0.39, 0.29) is 17.5 Å². The van der Waals surface area contributed by atoms with E-state index < -0.39 is 9.84 Å². The van der Waals surface area contributed by atoms with Crippen molar-refractivity contribution >= 4 is 16.1 Å². The van der Waals surface area contributed by atoms with Gasteiger partial charge in [0.2, 0.25) is 0 Å². The maximum Gasteiger partial charge on any atom is 0.152 e. The summed E-state index contributed by atoms with van der Waals surface area (Å²) in [6.07, 6.45) is 2.18. The van der Waals surface area contributed by atoms with Gasteiger partial charge in [0, 0.05) is 11.3 Å². The minimum absolute atomic E-state index is 0.0568. The molecule has 1 atom stereocenters. The Morgan fingerprint density at radius 2 is 2.24 bits per heavy atom. The van der Waals surface area contributed by atoms with Crippen LogP contribution in [-0.4, -0.2) is 35.9 Å². The zero-order chi connectivity index (χ0) is 12.6. The van der Waals surface area contributed by atoms with Gasteiger partial charge in [0.1, 0.15) is 0 Å². The van der Waals surface area contributed by atoms with Crippen LogP contribution in [0.1, 0.15) is 29.4 Å². The van der Waals surface area contributed by atoms with E-state index in [0.29, 0.717) is 6.42 Å². The fraction of sp³-hybridized carbons (Fsp3) is 0.600. The van der Waals surface area contributed by atoms with Crippen molar-refractivity contribution in [2.24, 2.45) is 10.9 Å². The van der Waals surface area contributed by atoms with Crippen molar-refractivity contribution < 1.29 is 8.42 Å². The summed E-state index contributed by atoms with van der Waals surface area (Å²) in [6, 6.07) is -0.0568. The predicted molar refractivity (Wildman–Crippen MR) is 65.8 cm³/mol. The van der Waals surface area contributed by atoms with Crippen LogP contribution in [0.4, 0.5) is 0 Å². The van der Waals surface area contributed by atoms with E-state index in [1.165, 1.54) is 0 Å². The molecule has 1 aromatic rings. The van der Waals surface area contributed by atoms with Gasteiger partial charge in [0.25, 0.3) is 0 Å². The second-order valence-corrected chi connectivity index (χ2v) is 6.59. The summed E-state index contributed by atoms with van der Waals surface area (Å²) in [5.74, 6) is 5.56. The van der Waals surface area contributed by atoms with E-state index >= 15 is 0 Å². The number of nitrogens with two attached hydrogens (primary N) is 1. The molecule has 1 fully saturated rings. The molecule has 1 aromatic heterocycles. The highest BCUT2D eigenvalue weighted by atomic mass is 32.2. The molecule has 1 aliphatic heterocycles. The van der Waals surface area contributed by atoms with Crippen LogP contribution in [0.15, 0.2) is 5.10 Å². The Hall–Kier alpha value is -1.37. The summed E-state index contributed by atoms with van der Waals surface area (Å²) >= 11 is 0. The van der Waals surface area contributed by atoms with Gasteiger partial charge in [-0.25, -0.2) is 8.42 Å². The topological polar surface area (TPSA) is 90.3 Å². The van der Waals surface area contributed by atoms with Crippen molar-refractivity contribution in [1.29, 1.82) is 0 Å². The molecule has 2 rings (SSSR count). The fourth-order valence-corrected chi connectivity index (χ4v) is 3.95. The molecule has 0 amide bonds. The zero-order valence-corrected chi connectivity index (χ0v) is 10.7. The number of nitrogens with zero attached hydrogens (tertiary/aromatic N) is 3. The molecule has 0 aromatic carbocycles. The Morgan fingerprint density at radius 3 is 2.76 bits per heavy atom. The van der Waals surface area contributed by atoms with Crippen LogP contribution in [0.3, 0.4) is 0 Å². The zero-order valence-electron chi connectivity index (χ0n) is 9.92. The van der Waals surface area contributed by atoms with Crippen LogP contribution in [0.5, 0.6) is 0 Å². The van der Waals surface area contributed by atoms with Crippen LogP contribution in [0, 0.1) is 13.8 Å². The summed E-state index contributed by atoms with van der Waals surface area (Å²) in [5, 5.41) is 7.88. The minimum Gasteiger partial charge on any atom is -0.323 e. The lowest BCUT2D eigenvalue weighted by Gasteiger charge is -2.10. The molecule has 7 heteroatoms. The Morgan fingerprint density at radius 1 is 1.53 bits per heavy atom. The first-order chi connectivity index (χ1) is 7.94. The second kappa shape index (κ2) is 4.14. The predicted octanol–water partition coefficient (Wildman–Crippen LogP) is 0.152. The van der Waals surface area contributed by atoms with Crippen molar-refractivity contribution in [2.75, 3.05) is 11.5 Å². The largest absolute Gasteiger partial charge is 0.323 e. The van der Waals surface area contributed by atoms with Crippen LogP contribution < -0.4 is 5.84 Å². The molecule has 6 nitrogen and oxygen atoms in total. The van der Waals surface area contributed by atoms with Gasteiger partial charge in [-0.15, -0.1) is 0 Å². The summed E-state index contributed by atoms with van der Waals surface area (Å²) in [4.78, 5) is 0. The number of hydrazone groups is 1. The Labute approximate surface area is 100 Å². The third-order valence-electron chi connectivity index (χ3n) is 3.14. The monoisotopic (exact) mass is 256 g/mol. The van der Waals surface area contributed by atoms with Crippen LogP contribution in [0.2, 0.25) is 0 Å². The van der Waals surface area contributed by atoms with E-state index in [1.807, 2.05) is 13.8 Å². The first-order valence-electron chi connectivity index (χ1n) is 5.44. The first-order valence-corrected chi connectivity index (χ1v) is 7.26. The minimum atomic E-state index is -2.90. The third-order valence-corrected chi connectivity index (χ3v) is 4.89. The molecule has 0 saturated carbocycles.